The van der Waals surface area contributed by atoms with Crippen LogP contribution in [0.1, 0.15) is 44.1 Å². The lowest BCUT2D eigenvalue weighted by atomic mass is 10.1. The van der Waals surface area contributed by atoms with Crippen molar-refractivity contribution in [1.82, 2.24) is 25.2 Å². The summed E-state index contributed by atoms with van der Waals surface area (Å²) in [7, 11) is 0. The number of nitrogens with zero attached hydrogens (tertiary/aromatic N) is 4. The van der Waals surface area contributed by atoms with Crippen LogP contribution in [0.15, 0.2) is 36.4 Å². The molecule has 2 aromatic rings. The van der Waals surface area contributed by atoms with Gasteiger partial charge in [-0.05, 0) is 27.2 Å². The lowest BCUT2D eigenvalue weighted by Crippen LogP contribution is -2.55. The maximum absolute atomic E-state index is 13.3. The second kappa shape index (κ2) is 14.0. The molecule has 0 aliphatic carbocycles. The molecule has 39 heavy (non-hydrogen) atoms. The Hall–Kier alpha value is -4.26. The van der Waals surface area contributed by atoms with E-state index in [9.17, 15) is 24.3 Å². The van der Waals surface area contributed by atoms with Crippen LogP contribution in [-0.2, 0) is 19.2 Å². The molecule has 1 atom stereocenters. The molecule has 210 valence electrons. The maximum Gasteiger partial charge on any atom is 0.527 e. The molecule has 1 saturated heterocycles. The van der Waals surface area contributed by atoms with Crippen molar-refractivity contribution in [2.24, 2.45) is 0 Å². The number of rotatable bonds is 11. The average Bonchev–Trinajstić information content (AvgIpc) is 2.91. The maximum atomic E-state index is 13.3. The lowest BCUT2D eigenvalue weighted by Gasteiger charge is -2.35. The predicted molar refractivity (Wildman–Crippen MR) is 141 cm³/mol. The molecule has 2 heterocycles. The van der Waals surface area contributed by atoms with Crippen molar-refractivity contribution in [3.63, 3.8) is 0 Å². The summed E-state index contributed by atoms with van der Waals surface area (Å²) in [5, 5.41) is 16.5. The highest BCUT2D eigenvalue weighted by atomic mass is 16.8. The Balaban J connectivity index is 1.76. The van der Waals surface area contributed by atoms with E-state index in [0.29, 0.717) is 17.2 Å². The van der Waals surface area contributed by atoms with E-state index in [-0.39, 0.29) is 57.4 Å². The number of carbonyl (C=O) groups excluding carboxylic acids is 3. The molecule has 13 heteroatoms. The summed E-state index contributed by atoms with van der Waals surface area (Å²) in [5.74, 6) is -1.38. The van der Waals surface area contributed by atoms with Gasteiger partial charge in [-0.25, -0.2) is 14.8 Å². The van der Waals surface area contributed by atoms with E-state index in [1.54, 1.807) is 6.92 Å². The molecule has 0 saturated carbocycles. The predicted octanol–water partition coefficient (Wildman–Crippen LogP) is 2.16. The van der Waals surface area contributed by atoms with Crippen molar-refractivity contribution in [3.8, 4) is 11.4 Å². The molecule has 3 N–H and O–H groups in total. The van der Waals surface area contributed by atoms with E-state index in [0.717, 1.165) is 0 Å². The zero-order chi connectivity index (χ0) is 28.4. The van der Waals surface area contributed by atoms with Gasteiger partial charge in [0.25, 0.3) is 5.91 Å². The highest BCUT2D eigenvalue weighted by molar-refractivity contribution is 5.97. The summed E-state index contributed by atoms with van der Waals surface area (Å²) in [5.41, 5.74) is 0.744. The van der Waals surface area contributed by atoms with Crippen molar-refractivity contribution in [2.45, 2.75) is 45.7 Å². The van der Waals surface area contributed by atoms with Gasteiger partial charge in [0, 0.05) is 37.2 Å². The number of aliphatic carboxylic acids is 1. The number of anilines is 1. The van der Waals surface area contributed by atoms with Gasteiger partial charge in [0.15, 0.2) is 5.82 Å². The van der Waals surface area contributed by atoms with Gasteiger partial charge in [-0.2, -0.15) is 0 Å². The van der Waals surface area contributed by atoms with E-state index >= 15 is 0 Å². The van der Waals surface area contributed by atoms with Crippen LogP contribution in [0.3, 0.4) is 0 Å². The number of hydrogen-bond donors (Lipinski definition) is 3. The van der Waals surface area contributed by atoms with Gasteiger partial charge in [0.1, 0.15) is 17.6 Å². The quantitative estimate of drug-likeness (QED) is 0.357. The van der Waals surface area contributed by atoms with Crippen molar-refractivity contribution in [2.75, 3.05) is 38.1 Å². The molecule has 1 aliphatic rings. The molecule has 1 aliphatic heterocycles. The monoisotopic (exact) mass is 542 g/mol. The minimum Gasteiger partial charge on any atom is -0.481 e. The number of piperazine rings is 1. The third-order valence-corrected chi connectivity index (χ3v) is 5.69. The fraction of sp³-hybridized carbons (Fsp3) is 0.462. The Bertz CT molecular complexity index is 1150. The van der Waals surface area contributed by atoms with Gasteiger partial charge in [0.2, 0.25) is 5.91 Å². The minimum absolute atomic E-state index is 0.0350. The number of amides is 2. The van der Waals surface area contributed by atoms with Gasteiger partial charge >= 0.3 is 12.1 Å². The van der Waals surface area contributed by atoms with E-state index in [2.05, 4.69) is 20.6 Å². The highest BCUT2D eigenvalue weighted by Gasteiger charge is 2.31. The molecule has 0 unspecified atom stereocenters. The molecular weight excluding hydrogens is 508 g/mol. The number of nitrogens with one attached hydrogen (secondary N) is 2. The molecule has 1 fully saturated rings. The molecule has 3 rings (SSSR count). The van der Waals surface area contributed by atoms with Crippen molar-refractivity contribution < 1.29 is 33.9 Å². The topological polar surface area (TPSA) is 163 Å². The van der Waals surface area contributed by atoms with Crippen molar-refractivity contribution in [1.29, 1.82) is 0 Å². The fourth-order valence-electron chi connectivity index (χ4n) is 3.88. The van der Waals surface area contributed by atoms with Crippen LogP contribution >= 0.6 is 0 Å². The standard InChI is InChI=1S/C26H34N6O7/c1-4-38-26(37)39-32-14-12-31(13-15-32)25(36)19(10-11-22(33)34)29-24(35)20-16-21(27-17(2)3)30-23(28-20)18-8-6-5-7-9-18/h5-9,16-17,19H,4,10-15H2,1-3H3,(H,29,35)(H,33,34)(H,27,28,30)/t19-/m0/s1. The summed E-state index contributed by atoms with van der Waals surface area (Å²) < 4.78 is 4.76. The molecule has 0 spiro atoms. The number of ether oxygens (including phenoxy) is 1. The summed E-state index contributed by atoms with van der Waals surface area (Å²) >= 11 is 0. The van der Waals surface area contributed by atoms with Gasteiger partial charge in [0.05, 0.1) is 19.7 Å². The van der Waals surface area contributed by atoms with Gasteiger partial charge in [-0.3, -0.25) is 14.4 Å². The largest absolute Gasteiger partial charge is 0.527 e. The second-order valence-electron chi connectivity index (χ2n) is 9.11. The molecule has 0 bridgehead atoms. The molecule has 0 radical (unpaired) electrons. The van der Waals surface area contributed by atoms with Crippen LogP contribution in [-0.4, -0.2) is 93.8 Å². The zero-order valence-corrected chi connectivity index (χ0v) is 22.3. The zero-order valence-electron chi connectivity index (χ0n) is 22.3. The number of benzene rings is 1. The van der Waals surface area contributed by atoms with Crippen LogP contribution in [0.25, 0.3) is 11.4 Å². The normalized spacial score (nSPS) is 14.4. The van der Waals surface area contributed by atoms with Crippen LogP contribution in [0.4, 0.5) is 10.6 Å². The van der Waals surface area contributed by atoms with Crippen molar-refractivity contribution >= 4 is 29.8 Å². The van der Waals surface area contributed by atoms with E-state index in [1.807, 2.05) is 44.2 Å². The second-order valence-corrected chi connectivity index (χ2v) is 9.11. The first-order chi connectivity index (χ1) is 18.7. The third-order valence-electron chi connectivity index (χ3n) is 5.69. The average molecular weight is 543 g/mol. The van der Waals surface area contributed by atoms with Crippen LogP contribution < -0.4 is 10.6 Å². The molecule has 1 aromatic carbocycles. The Morgan fingerprint density at radius 2 is 1.74 bits per heavy atom. The Labute approximate surface area is 226 Å². The molecular formula is C26H34N6O7. The molecule has 1 aromatic heterocycles. The first kappa shape index (κ1) is 29.3. The molecule has 2 amide bonds. The lowest BCUT2D eigenvalue weighted by molar-refractivity contribution is -0.157. The summed E-state index contributed by atoms with van der Waals surface area (Å²) in [6.07, 6.45) is -1.25. The summed E-state index contributed by atoms with van der Waals surface area (Å²) in [6, 6.07) is 9.60. The van der Waals surface area contributed by atoms with E-state index < -0.39 is 30.0 Å². The number of carboxylic acid groups (broad SMARTS) is 1. The number of aromatic nitrogens is 2. The number of carboxylic acids is 1. The highest BCUT2D eigenvalue weighted by Crippen LogP contribution is 2.19. The van der Waals surface area contributed by atoms with Crippen LogP contribution in [0.2, 0.25) is 0 Å². The minimum atomic E-state index is -1.09. The number of carbonyl (C=O) groups is 4. The van der Waals surface area contributed by atoms with Crippen LogP contribution in [0, 0.1) is 0 Å². The van der Waals surface area contributed by atoms with E-state index in [4.69, 9.17) is 9.57 Å². The van der Waals surface area contributed by atoms with E-state index in [1.165, 1.54) is 16.0 Å². The smallest absolute Gasteiger partial charge is 0.481 e. The molecule has 13 nitrogen and oxygen atoms in total. The van der Waals surface area contributed by atoms with Crippen LogP contribution in [0.5, 0.6) is 0 Å². The summed E-state index contributed by atoms with van der Waals surface area (Å²) in [6.45, 7) is 6.61. The first-order valence-electron chi connectivity index (χ1n) is 12.8. The number of hydrogen-bond acceptors (Lipinski definition) is 10. The van der Waals surface area contributed by atoms with Crippen molar-refractivity contribution in [3.05, 3.63) is 42.1 Å². The van der Waals surface area contributed by atoms with Gasteiger partial charge in [-0.15, -0.1) is 5.06 Å². The Morgan fingerprint density at radius 3 is 2.36 bits per heavy atom. The first-order valence-corrected chi connectivity index (χ1v) is 12.8. The Kier molecular flexibility index (Phi) is 10.6. The number of hydroxylamine groups is 2. The summed E-state index contributed by atoms with van der Waals surface area (Å²) in [4.78, 5) is 65.0. The van der Waals surface area contributed by atoms with Gasteiger partial charge < -0.3 is 30.2 Å². The third kappa shape index (κ3) is 8.92. The Morgan fingerprint density at radius 1 is 1.05 bits per heavy atom. The van der Waals surface area contributed by atoms with Gasteiger partial charge in [-0.1, -0.05) is 30.3 Å². The SMILES string of the molecule is CCOC(=O)ON1CCN(C(=O)[C@H](CCC(=O)O)NC(=O)c2cc(NC(C)C)nc(-c3ccccc3)n2)CC1. The fourth-order valence-corrected chi connectivity index (χ4v) is 3.88.